The van der Waals surface area contributed by atoms with E-state index in [0.29, 0.717) is 11.3 Å². The average molecular weight is 733 g/mol. The number of hydrogen-bond donors (Lipinski definition) is 0. The molecule has 53 heavy (non-hydrogen) atoms. The van der Waals surface area contributed by atoms with E-state index in [2.05, 4.69) is 13.5 Å². The van der Waals surface area contributed by atoms with Crippen LogP contribution in [0.2, 0.25) is 0 Å². The molecule has 3 aromatic rings. The Hall–Kier alpha value is -5.14. The molecule has 8 atom stereocenters. The zero-order valence-electron chi connectivity index (χ0n) is 31.0. The third-order valence-corrected chi connectivity index (χ3v) is 9.40. The molecule has 0 amide bonds. The third-order valence-electron chi connectivity index (χ3n) is 9.40. The summed E-state index contributed by atoms with van der Waals surface area (Å²) in [5.74, 6) is -1.60. The summed E-state index contributed by atoms with van der Waals surface area (Å²) in [5.41, 5.74) is 2.75. The topological polar surface area (TPSA) is 141 Å². The van der Waals surface area contributed by atoms with E-state index in [1.54, 1.807) is 29.1 Å². The van der Waals surface area contributed by atoms with Gasteiger partial charge in [-0.15, -0.1) is 0 Å². The van der Waals surface area contributed by atoms with Gasteiger partial charge in [-0.05, 0) is 36.6 Å². The zero-order valence-corrected chi connectivity index (χ0v) is 31.0. The highest BCUT2D eigenvalue weighted by molar-refractivity contribution is 5.88. The predicted octanol–water partition coefficient (Wildman–Crippen LogP) is 4.71. The van der Waals surface area contributed by atoms with E-state index in [1.807, 2.05) is 67.2 Å². The van der Waals surface area contributed by atoms with Crippen molar-refractivity contribution in [3.05, 3.63) is 102 Å². The lowest BCUT2D eigenvalue weighted by atomic mass is 9.98. The first-order valence-electron chi connectivity index (χ1n) is 17.7. The SMILES string of the molecule is C=C(OCc1ccc(COC(=O)c2ccc[n+]([C@@H]3O[C@H](COC(C)=O)[C@@H](OC(C)=O)[C@H]3C)c2)cc1)c1ccc[n+]([C@@H]2O[C@H](CC)[C@@H](C)[C@H]2OC(C)=O)c1. The molecule has 0 bridgehead atoms. The fourth-order valence-corrected chi connectivity index (χ4v) is 6.65. The van der Waals surface area contributed by atoms with E-state index < -0.39 is 48.7 Å². The Morgan fingerprint density at radius 2 is 1.23 bits per heavy atom. The fourth-order valence-electron chi connectivity index (χ4n) is 6.65. The Kier molecular flexibility index (Phi) is 13.0. The Labute approximate surface area is 309 Å². The molecule has 0 saturated carbocycles. The van der Waals surface area contributed by atoms with Gasteiger partial charge in [0, 0.05) is 38.8 Å². The van der Waals surface area contributed by atoms with Gasteiger partial charge in [-0.3, -0.25) is 14.4 Å². The molecule has 0 unspecified atom stereocenters. The maximum atomic E-state index is 13.1. The molecule has 1 aromatic carbocycles. The van der Waals surface area contributed by atoms with Crippen molar-refractivity contribution in [1.82, 2.24) is 0 Å². The Balaban J connectivity index is 1.14. The molecular formula is C40H48N2O11+2. The maximum absolute atomic E-state index is 13.1. The number of aromatic nitrogens is 2. The monoisotopic (exact) mass is 732 g/mol. The number of carbonyl (C=O) groups excluding carboxylic acids is 4. The second kappa shape index (κ2) is 17.6. The van der Waals surface area contributed by atoms with Crippen LogP contribution >= 0.6 is 0 Å². The van der Waals surface area contributed by atoms with E-state index in [-0.39, 0.29) is 43.7 Å². The zero-order chi connectivity index (χ0) is 38.2. The van der Waals surface area contributed by atoms with Crippen LogP contribution < -0.4 is 9.13 Å². The summed E-state index contributed by atoms with van der Waals surface area (Å²) in [6, 6.07) is 14.6. The molecular weight excluding hydrogens is 684 g/mol. The maximum Gasteiger partial charge on any atom is 0.344 e. The van der Waals surface area contributed by atoms with Gasteiger partial charge in [0.25, 0.3) is 6.23 Å². The van der Waals surface area contributed by atoms with Crippen LogP contribution in [0, 0.1) is 11.8 Å². The van der Waals surface area contributed by atoms with E-state index in [0.717, 1.165) is 23.1 Å². The van der Waals surface area contributed by atoms with Gasteiger partial charge in [0.05, 0.1) is 17.6 Å². The van der Waals surface area contributed by atoms with E-state index in [9.17, 15) is 19.2 Å². The summed E-state index contributed by atoms with van der Waals surface area (Å²) in [6.45, 7) is 14.3. The van der Waals surface area contributed by atoms with Crippen molar-refractivity contribution < 1.29 is 61.5 Å². The molecule has 2 aliphatic heterocycles. The summed E-state index contributed by atoms with van der Waals surface area (Å²) in [4.78, 5) is 48.0. The lowest BCUT2D eigenvalue weighted by Crippen LogP contribution is -2.46. The molecule has 2 fully saturated rings. The number of rotatable bonds is 14. The standard InChI is InChI=1S/C40H48N2O11/c1-8-34-24(2)37(51-29(7)45)39(52-34)42-18-9-11-32(19-42)26(4)47-21-30-13-15-31(16-14-30)22-49-40(46)33-12-10-17-41(20-33)38-25(3)36(50-28(6)44)35(53-38)23-48-27(5)43/h9-20,24-25,34-39H,4,8,21-23H2,1-3,5-7H3/q+2/t24-,25-,34-,35-,36+,37-,38-,39-/m1/s1. The Morgan fingerprint density at radius 3 is 1.83 bits per heavy atom. The van der Waals surface area contributed by atoms with Crippen molar-refractivity contribution in [2.24, 2.45) is 11.8 Å². The van der Waals surface area contributed by atoms with Crippen molar-refractivity contribution in [2.45, 2.75) is 98.0 Å². The van der Waals surface area contributed by atoms with Gasteiger partial charge >= 0.3 is 30.1 Å². The molecule has 5 rings (SSSR count). The van der Waals surface area contributed by atoms with Crippen LogP contribution in [0.1, 0.15) is 87.5 Å². The quantitative estimate of drug-likeness (QED) is 0.0986. The summed E-state index contributed by atoms with van der Waals surface area (Å²) < 4.78 is 43.9. The number of hydrogen-bond acceptors (Lipinski definition) is 11. The van der Waals surface area contributed by atoms with Crippen molar-refractivity contribution in [1.29, 1.82) is 0 Å². The second-order valence-corrected chi connectivity index (χ2v) is 13.4. The highest BCUT2D eigenvalue weighted by atomic mass is 16.6. The van der Waals surface area contributed by atoms with E-state index in [1.165, 1.54) is 20.8 Å². The highest BCUT2D eigenvalue weighted by Crippen LogP contribution is 2.35. The minimum atomic E-state index is -0.667. The second-order valence-electron chi connectivity index (χ2n) is 13.4. The first-order valence-corrected chi connectivity index (χ1v) is 17.7. The molecule has 282 valence electrons. The molecule has 0 radical (unpaired) electrons. The number of pyridine rings is 2. The lowest BCUT2D eigenvalue weighted by molar-refractivity contribution is -0.765. The van der Waals surface area contributed by atoms with Gasteiger partial charge < -0.3 is 33.2 Å². The summed E-state index contributed by atoms with van der Waals surface area (Å²) in [7, 11) is 0. The van der Waals surface area contributed by atoms with Crippen LogP contribution in [0.15, 0.2) is 79.9 Å². The smallest absolute Gasteiger partial charge is 0.344 e. The van der Waals surface area contributed by atoms with Crippen LogP contribution in [0.25, 0.3) is 5.76 Å². The predicted molar refractivity (Wildman–Crippen MR) is 187 cm³/mol. The van der Waals surface area contributed by atoms with Gasteiger partial charge in [-0.25, -0.2) is 4.79 Å². The van der Waals surface area contributed by atoms with Crippen LogP contribution in [-0.2, 0) is 60.8 Å². The first kappa shape index (κ1) is 39.1. The first-order chi connectivity index (χ1) is 25.3. The number of ether oxygens (including phenoxy) is 7. The average Bonchev–Trinajstić information content (AvgIpc) is 3.62. The van der Waals surface area contributed by atoms with Crippen LogP contribution in [0.5, 0.6) is 0 Å². The third kappa shape index (κ3) is 9.85. The molecule has 0 N–H and O–H groups in total. The Morgan fingerprint density at radius 1 is 0.679 bits per heavy atom. The van der Waals surface area contributed by atoms with Crippen LogP contribution in [0.4, 0.5) is 0 Å². The van der Waals surface area contributed by atoms with Gasteiger partial charge in [-0.2, -0.15) is 9.13 Å². The molecule has 2 aromatic heterocycles. The van der Waals surface area contributed by atoms with Crippen molar-refractivity contribution in [3.63, 3.8) is 0 Å². The van der Waals surface area contributed by atoms with Crippen molar-refractivity contribution >= 4 is 29.6 Å². The number of esters is 4. The molecule has 2 aliphatic rings. The van der Waals surface area contributed by atoms with Crippen molar-refractivity contribution in [3.8, 4) is 0 Å². The van der Waals surface area contributed by atoms with Crippen molar-refractivity contribution in [2.75, 3.05) is 6.61 Å². The highest BCUT2D eigenvalue weighted by Gasteiger charge is 2.50. The number of nitrogens with zero attached hydrogens (tertiary/aromatic N) is 2. The largest absolute Gasteiger partial charge is 0.489 e. The number of carbonyl (C=O) groups is 4. The molecule has 13 heteroatoms. The molecule has 4 heterocycles. The molecule has 13 nitrogen and oxygen atoms in total. The summed E-state index contributed by atoms with van der Waals surface area (Å²) in [5, 5.41) is 0. The van der Waals surface area contributed by atoms with Gasteiger partial charge in [0.1, 0.15) is 43.4 Å². The fraction of sp³-hybridized carbons (Fsp3) is 0.450. The number of benzene rings is 1. The Bertz CT molecular complexity index is 1800. The van der Waals surface area contributed by atoms with Crippen LogP contribution in [-0.4, -0.2) is 54.9 Å². The minimum absolute atomic E-state index is 0.0306. The van der Waals surface area contributed by atoms with Crippen LogP contribution in [0.3, 0.4) is 0 Å². The van der Waals surface area contributed by atoms with Gasteiger partial charge in [0.15, 0.2) is 30.9 Å². The normalized spacial score (nSPS) is 24.9. The summed E-state index contributed by atoms with van der Waals surface area (Å²) >= 11 is 0. The molecule has 0 spiro atoms. The van der Waals surface area contributed by atoms with Gasteiger partial charge in [-0.1, -0.05) is 44.7 Å². The van der Waals surface area contributed by atoms with Gasteiger partial charge in [0.2, 0.25) is 0 Å². The van der Waals surface area contributed by atoms with E-state index in [4.69, 9.17) is 33.2 Å². The molecule has 0 aliphatic carbocycles. The minimum Gasteiger partial charge on any atom is -0.489 e. The lowest BCUT2D eigenvalue weighted by Gasteiger charge is -2.19. The summed E-state index contributed by atoms with van der Waals surface area (Å²) in [6.07, 6.45) is 5.12. The molecule has 2 saturated heterocycles. The van der Waals surface area contributed by atoms with E-state index >= 15 is 0 Å².